The Morgan fingerprint density at radius 1 is 0.898 bits per heavy atom. The number of amides is 1. The molecule has 10 nitrogen and oxygen atoms in total. The van der Waals surface area contributed by atoms with Gasteiger partial charge in [-0.3, -0.25) is 19.7 Å². The number of benzene rings is 4. The zero-order chi connectivity index (χ0) is 41.0. The summed E-state index contributed by atoms with van der Waals surface area (Å²) in [7, 11) is 0. The maximum atomic E-state index is 14.2. The quantitative estimate of drug-likeness (QED) is 0.125. The Morgan fingerprint density at radius 3 is 2.42 bits per heavy atom. The van der Waals surface area contributed by atoms with E-state index >= 15 is 0 Å². The summed E-state index contributed by atoms with van der Waals surface area (Å²) in [6, 6.07) is 28.9. The second-order valence-corrected chi connectivity index (χ2v) is 15.8. The van der Waals surface area contributed by atoms with Gasteiger partial charge in [0.2, 0.25) is 5.91 Å². The average molecular weight is 830 g/mol. The van der Waals surface area contributed by atoms with Crippen molar-refractivity contribution >= 4 is 35.1 Å². The van der Waals surface area contributed by atoms with Crippen LogP contribution in [0.15, 0.2) is 116 Å². The lowest BCUT2D eigenvalue weighted by molar-refractivity contribution is -0.142. The standard InChI is InChI=1S/C47H42Cl2N4O6/c1-28-29(2)51-17-15-38(28)33-8-5-30(6-9-33)19-41(47(55)56)52-46(54)42-20-35-21-43-44(22-36(35)25-53(42)24-32-4-3-16-50-23-32)59-45(27-58-43)34-10-12-37(13-11-34)57-26-31-7-14-39(48)40(49)18-31/h3-18,21-23,41-42,45H,19-20,24-27H2,1-2H3,(H,52,54)(H,55,56)/t41-,42-,45+/m0/s1. The second-order valence-electron chi connectivity index (χ2n) is 14.9. The van der Waals surface area contributed by atoms with Crippen LogP contribution < -0.4 is 19.5 Å². The zero-order valence-electron chi connectivity index (χ0n) is 32.5. The van der Waals surface area contributed by atoms with Crippen LogP contribution in [0.25, 0.3) is 11.1 Å². The molecule has 6 aromatic rings. The molecule has 59 heavy (non-hydrogen) atoms. The summed E-state index contributed by atoms with van der Waals surface area (Å²) in [5.74, 6) is 0.470. The monoisotopic (exact) mass is 828 g/mol. The summed E-state index contributed by atoms with van der Waals surface area (Å²) >= 11 is 12.2. The van der Waals surface area contributed by atoms with Crippen LogP contribution in [0.3, 0.4) is 0 Å². The molecule has 0 bridgehead atoms. The van der Waals surface area contributed by atoms with Gasteiger partial charge in [0.25, 0.3) is 0 Å². The lowest BCUT2D eigenvalue weighted by Gasteiger charge is -2.37. The van der Waals surface area contributed by atoms with Gasteiger partial charge in [-0.25, -0.2) is 4.79 Å². The van der Waals surface area contributed by atoms with Gasteiger partial charge >= 0.3 is 5.97 Å². The Morgan fingerprint density at radius 2 is 1.68 bits per heavy atom. The van der Waals surface area contributed by atoms with Crippen LogP contribution >= 0.6 is 23.2 Å². The highest BCUT2D eigenvalue weighted by Gasteiger charge is 2.36. The van der Waals surface area contributed by atoms with Crippen LogP contribution in [0.4, 0.5) is 0 Å². The molecule has 2 aromatic heterocycles. The highest BCUT2D eigenvalue weighted by Crippen LogP contribution is 2.41. The van der Waals surface area contributed by atoms with E-state index in [0.29, 0.717) is 60.0 Å². The number of carbonyl (C=O) groups is 2. The summed E-state index contributed by atoms with van der Waals surface area (Å²) < 4.78 is 18.7. The minimum Gasteiger partial charge on any atom is -0.489 e. The number of nitrogens with zero attached hydrogens (tertiary/aromatic N) is 3. The van der Waals surface area contributed by atoms with Gasteiger partial charge < -0.3 is 24.6 Å². The van der Waals surface area contributed by atoms with Crippen molar-refractivity contribution in [3.63, 3.8) is 0 Å². The molecule has 0 aliphatic carbocycles. The number of pyridine rings is 2. The number of carboxylic acid groups (broad SMARTS) is 1. The fraction of sp³-hybridized carbons (Fsp3) is 0.234. The van der Waals surface area contributed by atoms with Gasteiger partial charge in [-0.05, 0) is 119 Å². The van der Waals surface area contributed by atoms with Crippen LogP contribution in [-0.4, -0.2) is 50.5 Å². The minimum atomic E-state index is -1.12. The van der Waals surface area contributed by atoms with Crippen molar-refractivity contribution in [1.29, 1.82) is 0 Å². The molecule has 2 aliphatic rings. The summed E-state index contributed by atoms with van der Waals surface area (Å²) in [4.78, 5) is 37.5. The first kappa shape index (κ1) is 39.9. The zero-order valence-corrected chi connectivity index (χ0v) is 34.0. The van der Waals surface area contributed by atoms with E-state index in [1.807, 2.05) is 98.8 Å². The maximum absolute atomic E-state index is 14.2. The molecule has 4 heterocycles. The van der Waals surface area contributed by atoms with E-state index in [4.69, 9.17) is 37.4 Å². The van der Waals surface area contributed by atoms with E-state index in [1.165, 1.54) is 0 Å². The largest absolute Gasteiger partial charge is 0.489 e. The van der Waals surface area contributed by atoms with E-state index in [0.717, 1.165) is 55.8 Å². The van der Waals surface area contributed by atoms with Crippen molar-refractivity contribution in [2.45, 2.75) is 64.6 Å². The van der Waals surface area contributed by atoms with E-state index < -0.39 is 18.1 Å². The van der Waals surface area contributed by atoms with Gasteiger partial charge in [0.15, 0.2) is 17.6 Å². The third-order valence-electron chi connectivity index (χ3n) is 11.0. The predicted molar refractivity (Wildman–Crippen MR) is 226 cm³/mol. The molecule has 0 saturated heterocycles. The highest BCUT2D eigenvalue weighted by atomic mass is 35.5. The van der Waals surface area contributed by atoms with Gasteiger partial charge in [-0.15, -0.1) is 0 Å². The average Bonchev–Trinajstić information content (AvgIpc) is 3.24. The number of halogens is 2. The molecule has 0 fully saturated rings. The van der Waals surface area contributed by atoms with E-state index in [2.05, 4.69) is 20.2 Å². The molecule has 1 amide bonds. The van der Waals surface area contributed by atoms with Gasteiger partial charge in [0, 0.05) is 43.8 Å². The normalized spacial score (nSPS) is 16.5. The van der Waals surface area contributed by atoms with Crippen molar-refractivity contribution in [2.75, 3.05) is 6.61 Å². The lowest BCUT2D eigenvalue weighted by Crippen LogP contribution is -2.54. The van der Waals surface area contributed by atoms with Crippen LogP contribution in [0, 0.1) is 13.8 Å². The topological polar surface area (TPSA) is 123 Å². The van der Waals surface area contributed by atoms with E-state index in [-0.39, 0.29) is 18.4 Å². The lowest BCUT2D eigenvalue weighted by atomic mass is 9.91. The van der Waals surface area contributed by atoms with Crippen molar-refractivity contribution in [1.82, 2.24) is 20.2 Å². The number of rotatable bonds is 12. The fourth-order valence-electron chi connectivity index (χ4n) is 7.57. The third-order valence-corrected chi connectivity index (χ3v) is 11.7. The van der Waals surface area contributed by atoms with Gasteiger partial charge in [-0.1, -0.05) is 71.7 Å². The number of aromatic nitrogens is 2. The Hall–Kier alpha value is -5.94. The molecular formula is C47H42Cl2N4O6. The molecule has 4 aromatic carbocycles. The smallest absolute Gasteiger partial charge is 0.326 e. The Balaban J connectivity index is 0.962. The predicted octanol–water partition coefficient (Wildman–Crippen LogP) is 8.90. The molecule has 0 unspecified atom stereocenters. The molecule has 8 rings (SSSR count). The van der Waals surface area contributed by atoms with Crippen LogP contribution in [-0.2, 0) is 42.1 Å². The third kappa shape index (κ3) is 9.20. The number of ether oxygens (including phenoxy) is 3. The number of carbonyl (C=O) groups excluding carboxylic acids is 1. The number of hydrogen-bond acceptors (Lipinski definition) is 8. The second kappa shape index (κ2) is 17.5. The Bertz CT molecular complexity index is 2480. The Kier molecular flexibility index (Phi) is 11.8. The summed E-state index contributed by atoms with van der Waals surface area (Å²) in [6.07, 6.45) is 5.43. The molecule has 2 N–H and O–H groups in total. The number of aryl methyl sites for hydroxylation is 1. The minimum absolute atomic E-state index is 0.135. The van der Waals surface area contributed by atoms with Crippen LogP contribution in [0.5, 0.6) is 17.2 Å². The van der Waals surface area contributed by atoms with Crippen molar-refractivity contribution < 1.29 is 28.9 Å². The summed E-state index contributed by atoms with van der Waals surface area (Å²) in [6.45, 7) is 5.53. The molecule has 3 atom stereocenters. The van der Waals surface area contributed by atoms with Crippen LogP contribution in [0.1, 0.15) is 50.7 Å². The molecule has 0 spiro atoms. The summed E-state index contributed by atoms with van der Waals surface area (Å²) in [5, 5.41) is 14.1. The van der Waals surface area contributed by atoms with Gasteiger partial charge in [0.1, 0.15) is 25.0 Å². The number of carboxylic acids is 1. The van der Waals surface area contributed by atoms with Gasteiger partial charge in [0.05, 0.1) is 16.1 Å². The van der Waals surface area contributed by atoms with E-state index in [1.54, 1.807) is 30.7 Å². The number of hydrogen-bond donors (Lipinski definition) is 2. The number of fused-ring (bicyclic) bond motifs is 2. The van der Waals surface area contributed by atoms with Crippen molar-refractivity contribution in [2.24, 2.45) is 0 Å². The SMILES string of the molecule is Cc1nccc(-c2ccc(C[C@H](NC(=O)[C@@H]3Cc4cc5c(cc4CN3Cc3cccnc3)O[C@@H](c3ccc(OCc4ccc(Cl)c(Cl)c4)cc3)CO5)C(=O)O)cc2)c1C. The van der Waals surface area contributed by atoms with Crippen LogP contribution in [0.2, 0.25) is 10.0 Å². The van der Waals surface area contributed by atoms with Crippen molar-refractivity contribution in [3.8, 4) is 28.4 Å². The van der Waals surface area contributed by atoms with E-state index in [9.17, 15) is 14.7 Å². The highest BCUT2D eigenvalue weighted by molar-refractivity contribution is 6.42. The summed E-state index contributed by atoms with van der Waals surface area (Å²) in [5.41, 5.74) is 9.68. The first-order valence-electron chi connectivity index (χ1n) is 19.4. The molecule has 12 heteroatoms. The maximum Gasteiger partial charge on any atom is 0.326 e. The molecular weight excluding hydrogens is 787 g/mol. The first-order valence-corrected chi connectivity index (χ1v) is 20.1. The van der Waals surface area contributed by atoms with Crippen molar-refractivity contribution in [3.05, 3.63) is 170 Å². The number of aliphatic carboxylic acids is 1. The fourth-order valence-corrected chi connectivity index (χ4v) is 7.89. The Labute approximate surface area is 352 Å². The first-order chi connectivity index (χ1) is 28.6. The molecule has 0 saturated carbocycles. The number of nitrogens with one attached hydrogen (secondary N) is 1. The van der Waals surface area contributed by atoms with Gasteiger partial charge in [-0.2, -0.15) is 0 Å². The molecule has 2 aliphatic heterocycles. The molecule has 300 valence electrons. The molecule has 0 radical (unpaired) electrons.